The van der Waals surface area contributed by atoms with Crippen LogP contribution in [0.2, 0.25) is 0 Å². The fraction of sp³-hybridized carbons (Fsp3) is 0.333. The second kappa shape index (κ2) is 7.03. The number of aliphatic imine (C=N–C) groups is 1. The Morgan fingerprint density at radius 2 is 2.04 bits per heavy atom. The van der Waals surface area contributed by atoms with Gasteiger partial charge in [0.25, 0.3) is 6.43 Å². The Morgan fingerprint density at radius 1 is 1.32 bits per heavy atom. The predicted molar refractivity (Wildman–Crippen MR) is 102 cm³/mol. The highest BCUT2D eigenvalue weighted by molar-refractivity contribution is 9.10. The SMILES string of the molecule is Cc1cc(Br)cc([C@@]2(C(F)F)N=C(CC(=O)c3ccccc3)OC3C[C@@H]32)c1F. The first-order chi connectivity index (χ1) is 13.3. The molecule has 2 aliphatic rings. The van der Waals surface area contributed by atoms with Crippen LogP contribution in [0.4, 0.5) is 13.2 Å². The van der Waals surface area contributed by atoms with Crippen molar-refractivity contribution < 1.29 is 22.7 Å². The number of carbonyl (C=O) groups excluding carboxylic acids is 1. The van der Waals surface area contributed by atoms with Gasteiger partial charge in [-0.1, -0.05) is 46.3 Å². The van der Waals surface area contributed by atoms with Gasteiger partial charge < -0.3 is 4.74 Å². The number of hydrogen-bond acceptors (Lipinski definition) is 3. The first-order valence-corrected chi connectivity index (χ1v) is 9.70. The second-order valence-corrected chi connectivity index (χ2v) is 8.10. The highest BCUT2D eigenvalue weighted by Crippen LogP contribution is 2.57. The number of ketones is 1. The Morgan fingerprint density at radius 3 is 2.71 bits per heavy atom. The Balaban J connectivity index is 1.77. The average Bonchev–Trinajstić information content (AvgIpc) is 3.44. The van der Waals surface area contributed by atoms with Gasteiger partial charge in [-0.3, -0.25) is 4.79 Å². The molecule has 1 saturated carbocycles. The van der Waals surface area contributed by atoms with Crippen molar-refractivity contribution >= 4 is 27.6 Å². The van der Waals surface area contributed by atoms with Gasteiger partial charge in [-0.2, -0.15) is 0 Å². The monoisotopic (exact) mass is 451 g/mol. The lowest BCUT2D eigenvalue weighted by atomic mass is 9.83. The van der Waals surface area contributed by atoms with Crippen LogP contribution in [0.5, 0.6) is 0 Å². The number of hydrogen-bond donors (Lipinski definition) is 0. The molecule has 4 rings (SSSR count). The number of nitrogens with zero attached hydrogens (tertiary/aromatic N) is 1. The molecule has 0 saturated heterocycles. The summed E-state index contributed by atoms with van der Waals surface area (Å²) >= 11 is 3.26. The Hall–Kier alpha value is -2.15. The summed E-state index contributed by atoms with van der Waals surface area (Å²) in [6.45, 7) is 1.52. The third kappa shape index (κ3) is 3.15. The first kappa shape index (κ1) is 19.2. The number of rotatable bonds is 5. The molecule has 28 heavy (non-hydrogen) atoms. The third-order valence-electron chi connectivity index (χ3n) is 5.29. The third-order valence-corrected chi connectivity index (χ3v) is 5.74. The van der Waals surface area contributed by atoms with Crippen LogP contribution in [0, 0.1) is 18.7 Å². The maximum absolute atomic E-state index is 14.9. The van der Waals surface area contributed by atoms with Crippen LogP contribution in [0.3, 0.4) is 0 Å². The molecule has 0 aromatic heterocycles. The number of aryl methyl sites for hydroxylation is 1. The molecular weight excluding hydrogens is 435 g/mol. The van der Waals surface area contributed by atoms with Crippen LogP contribution >= 0.6 is 15.9 Å². The van der Waals surface area contributed by atoms with Crippen molar-refractivity contribution in [1.82, 2.24) is 0 Å². The Bertz CT molecular complexity index is 964. The normalized spacial score (nSPS) is 25.7. The van der Waals surface area contributed by atoms with Gasteiger partial charge in [-0.05, 0) is 31.0 Å². The summed E-state index contributed by atoms with van der Waals surface area (Å²) in [5.41, 5.74) is -1.51. The minimum Gasteiger partial charge on any atom is -0.477 e. The smallest absolute Gasteiger partial charge is 0.268 e. The lowest BCUT2D eigenvalue weighted by Crippen LogP contribution is -2.42. The predicted octanol–water partition coefficient (Wildman–Crippen LogP) is 5.45. The summed E-state index contributed by atoms with van der Waals surface area (Å²) < 4.78 is 49.8. The van der Waals surface area contributed by atoms with E-state index in [-0.39, 0.29) is 29.2 Å². The highest BCUT2D eigenvalue weighted by atomic mass is 79.9. The standard InChI is InChI=1S/C21H17BrF3NO2/c1-11-7-13(22)8-15(19(11)23)21(20(24)25)14-9-17(14)28-18(26-21)10-16(27)12-5-3-2-4-6-12/h2-8,14,17,20H,9-10H2,1H3/t14-,17?,21-/m0/s1. The average molecular weight is 452 g/mol. The van der Waals surface area contributed by atoms with Gasteiger partial charge >= 0.3 is 0 Å². The zero-order valence-electron chi connectivity index (χ0n) is 15.0. The molecule has 2 aromatic rings. The first-order valence-electron chi connectivity index (χ1n) is 8.91. The molecule has 1 fully saturated rings. The Kier molecular flexibility index (Phi) is 4.81. The zero-order chi connectivity index (χ0) is 20.1. The zero-order valence-corrected chi connectivity index (χ0v) is 16.5. The van der Waals surface area contributed by atoms with Gasteiger partial charge in [0.2, 0.25) is 0 Å². The van der Waals surface area contributed by atoms with Crippen LogP contribution < -0.4 is 0 Å². The Labute approximate surface area is 168 Å². The van der Waals surface area contributed by atoms with E-state index >= 15 is 0 Å². The van der Waals surface area contributed by atoms with Crippen molar-refractivity contribution in [2.75, 3.05) is 0 Å². The summed E-state index contributed by atoms with van der Waals surface area (Å²) in [5, 5.41) is 0. The van der Waals surface area contributed by atoms with Gasteiger partial charge in [-0.25, -0.2) is 18.2 Å². The lowest BCUT2D eigenvalue weighted by molar-refractivity contribution is 0.0172. The van der Waals surface area contributed by atoms with Crippen molar-refractivity contribution in [1.29, 1.82) is 0 Å². The molecule has 3 nitrogen and oxygen atoms in total. The second-order valence-electron chi connectivity index (χ2n) is 7.18. The maximum atomic E-state index is 14.9. The van der Waals surface area contributed by atoms with Gasteiger partial charge in [0.15, 0.2) is 17.2 Å². The summed E-state index contributed by atoms with van der Waals surface area (Å²) in [6, 6.07) is 11.4. The van der Waals surface area contributed by atoms with Crippen molar-refractivity contribution in [3.63, 3.8) is 0 Å². The molecule has 0 spiro atoms. The van der Waals surface area contributed by atoms with E-state index in [2.05, 4.69) is 20.9 Å². The maximum Gasteiger partial charge on any atom is 0.268 e. The largest absolute Gasteiger partial charge is 0.477 e. The molecule has 1 aliphatic carbocycles. The van der Waals surface area contributed by atoms with Crippen LogP contribution in [-0.2, 0) is 10.3 Å². The van der Waals surface area contributed by atoms with E-state index in [0.29, 0.717) is 16.5 Å². The number of ether oxygens (including phenoxy) is 1. The lowest BCUT2D eigenvalue weighted by Gasteiger charge is -2.34. The van der Waals surface area contributed by atoms with Crippen molar-refractivity contribution in [2.24, 2.45) is 10.9 Å². The van der Waals surface area contributed by atoms with Gasteiger partial charge in [0.05, 0.1) is 6.42 Å². The van der Waals surface area contributed by atoms with Crippen LogP contribution in [0.15, 0.2) is 51.9 Å². The summed E-state index contributed by atoms with van der Waals surface area (Å²) in [7, 11) is 0. The number of benzene rings is 2. The van der Waals surface area contributed by atoms with Crippen LogP contribution in [-0.4, -0.2) is 24.2 Å². The van der Waals surface area contributed by atoms with E-state index in [1.807, 2.05) is 0 Å². The van der Waals surface area contributed by atoms with Crippen molar-refractivity contribution in [3.8, 4) is 0 Å². The summed E-state index contributed by atoms with van der Waals surface area (Å²) in [5.74, 6) is -1.67. The van der Waals surface area contributed by atoms with E-state index in [1.54, 1.807) is 30.3 Å². The van der Waals surface area contributed by atoms with Gasteiger partial charge in [0, 0.05) is 21.5 Å². The number of fused-ring (bicyclic) bond motifs is 1. The minimum absolute atomic E-state index is 0.0649. The molecule has 0 N–H and O–H groups in total. The fourth-order valence-corrected chi connectivity index (χ4v) is 4.38. The molecule has 0 amide bonds. The highest BCUT2D eigenvalue weighted by Gasteiger charge is 2.64. The van der Waals surface area contributed by atoms with E-state index in [9.17, 15) is 18.0 Å². The molecule has 2 aromatic carbocycles. The topological polar surface area (TPSA) is 38.7 Å². The number of carbonyl (C=O) groups is 1. The molecule has 0 radical (unpaired) electrons. The minimum atomic E-state index is -2.93. The van der Waals surface area contributed by atoms with E-state index in [1.165, 1.54) is 19.1 Å². The van der Waals surface area contributed by atoms with Crippen molar-refractivity contribution in [3.05, 3.63) is 69.4 Å². The van der Waals surface area contributed by atoms with E-state index < -0.39 is 29.8 Å². The summed E-state index contributed by atoms with van der Waals surface area (Å²) in [6.07, 6.45) is -3.31. The molecule has 7 heteroatoms. The molecule has 0 bridgehead atoms. The molecular formula is C21H17BrF3NO2. The molecule has 3 atom stereocenters. The number of alkyl halides is 2. The number of Topliss-reactive ketones (excluding diaryl/α,β-unsaturated/α-hetero) is 1. The molecule has 1 aliphatic heterocycles. The summed E-state index contributed by atoms with van der Waals surface area (Å²) in [4.78, 5) is 16.7. The van der Waals surface area contributed by atoms with Crippen LogP contribution in [0.25, 0.3) is 0 Å². The van der Waals surface area contributed by atoms with Gasteiger partial charge in [-0.15, -0.1) is 0 Å². The molecule has 1 unspecified atom stereocenters. The van der Waals surface area contributed by atoms with E-state index in [0.717, 1.165) is 0 Å². The quantitative estimate of drug-likeness (QED) is 0.567. The molecule has 146 valence electrons. The van der Waals surface area contributed by atoms with Gasteiger partial charge in [0.1, 0.15) is 11.9 Å². The van der Waals surface area contributed by atoms with Crippen LogP contribution in [0.1, 0.15) is 34.3 Å². The van der Waals surface area contributed by atoms with E-state index in [4.69, 9.17) is 4.74 Å². The number of halogens is 4. The molecule has 1 heterocycles. The fourth-order valence-electron chi connectivity index (χ4n) is 3.81. The van der Waals surface area contributed by atoms with Crippen molar-refractivity contribution in [2.45, 2.75) is 37.8 Å².